The van der Waals surface area contributed by atoms with E-state index in [1.54, 1.807) is 12.1 Å². The first-order valence-corrected chi connectivity index (χ1v) is 5.83. The minimum Gasteiger partial charge on any atom is -0.258 e. The highest BCUT2D eigenvalue weighted by Crippen LogP contribution is 2.27. The lowest BCUT2D eigenvalue weighted by Gasteiger charge is -2.07. The van der Waals surface area contributed by atoms with Gasteiger partial charge in [-0.2, -0.15) is 5.26 Å². The van der Waals surface area contributed by atoms with Crippen LogP contribution in [0.1, 0.15) is 11.1 Å². The van der Waals surface area contributed by atoms with Gasteiger partial charge in [0.15, 0.2) is 0 Å². The highest BCUT2D eigenvalue weighted by Gasteiger charge is 2.09. The number of nitro benzene ring substituents is 1. The number of aryl methyl sites for hydroxylation is 1. The first-order chi connectivity index (χ1) is 9.11. The summed E-state index contributed by atoms with van der Waals surface area (Å²) in [5.74, 6) is 0. The van der Waals surface area contributed by atoms with Crippen molar-refractivity contribution in [3.05, 3.63) is 63.7 Å². The van der Waals surface area contributed by atoms with Gasteiger partial charge in [0, 0.05) is 12.1 Å². The van der Waals surface area contributed by atoms with Crippen molar-refractivity contribution in [3.8, 4) is 17.2 Å². The Morgan fingerprint density at radius 2 is 2.05 bits per heavy atom. The zero-order valence-electron chi connectivity index (χ0n) is 10.5. The molecular formula is C15H12N2O2. The van der Waals surface area contributed by atoms with E-state index in [9.17, 15) is 10.1 Å². The average molecular weight is 252 g/mol. The van der Waals surface area contributed by atoms with Gasteiger partial charge in [-0.3, -0.25) is 10.1 Å². The predicted molar refractivity (Wildman–Crippen MR) is 72.6 cm³/mol. The second-order valence-electron chi connectivity index (χ2n) is 4.29. The van der Waals surface area contributed by atoms with Crippen molar-refractivity contribution in [1.82, 2.24) is 0 Å². The van der Waals surface area contributed by atoms with Crippen LogP contribution in [0, 0.1) is 28.4 Å². The van der Waals surface area contributed by atoms with Crippen LogP contribution in [0.5, 0.6) is 0 Å². The van der Waals surface area contributed by atoms with Gasteiger partial charge in [-0.15, -0.1) is 0 Å². The zero-order chi connectivity index (χ0) is 13.8. The zero-order valence-corrected chi connectivity index (χ0v) is 10.5. The fourth-order valence-electron chi connectivity index (χ4n) is 2.04. The lowest BCUT2D eigenvalue weighted by atomic mass is 9.97. The molecule has 0 bridgehead atoms. The van der Waals surface area contributed by atoms with E-state index in [1.165, 1.54) is 6.07 Å². The molecule has 4 nitrogen and oxygen atoms in total. The van der Waals surface area contributed by atoms with E-state index in [0.29, 0.717) is 6.42 Å². The standard InChI is InChI=1S/C15H12N2O2/c1-11-9-12(7-8-16)5-6-15(11)13-3-2-4-14(10-13)17(18)19/h2-6,9-10H,7H2,1H3. The van der Waals surface area contributed by atoms with Gasteiger partial charge in [0.2, 0.25) is 0 Å². The van der Waals surface area contributed by atoms with Crippen LogP contribution in [0.25, 0.3) is 11.1 Å². The Bertz CT molecular complexity index is 672. The lowest BCUT2D eigenvalue weighted by Crippen LogP contribution is -1.90. The number of benzene rings is 2. The number of rotatable bonds is 3. The van der Waals surface area contributed by atoms with E-state index in [1.807, 2.05) is 31.2 Å². The third-order valence-electron chi connectivity index (χ3n) is 2.94. The minimum absolute atomic E-state index is 0.0815. The Labute approximate surface area is 111 Å². The summed E-state index contributed by atoms with van der Waals surface area (Å²) in [5.41, 5.74) is 3.81. The molecule has 0 saturated heterocycles. The van der Waals surface area contributed by atoms with Crippen LogP contribution in [-0.4, -0.2) is 4.92 Å². The largest absolute Gasteiger partial charge is 0.270 e. The second-order valence-corrected chi connectivity index (χ2v) is 4.29. The van der Waals surface area contributed by atoms with Crippen molar-refractivity contribution in [2.24, 2.45) is 0 Å². The maximum absolute atomic E-state index is 10.8. The first-order valence-electron chi connectivity index (χ1n) is 5.83. The molecule has 0 aromatic heterocycles. The van der Waals surface area contributed by atoms with Gasteiger partial charge in [0.05, 0.1) is 17.4 Å². The topological polar surface area (TPSA) is 66.9 Å². The number of non-ortho nitro benzene ring substituents is 1. The van der Waals surface area contributed by atoms with Crippen LogP contribution < -0.4 is 0 Å². The van der Waals surface area contributed by atoms with E-state index in [-0.39, 0.29) is 5.69 Å². The van der Waals surface area contributed by atoms with E-state index >= 15 is 0 Å². The third-order valence-corrected chi connectivity index (χ3v) is 2.94. The summed E-state index contributed by atoms with van der Waals surface area (Å²) in [6, 6.07) is 14.4. The summed E-state index contributed by atoms with van der Waals surface area (Å²) in [6.07, 6.45) is 0.371. The molecule has 2 aromatic carbocycles. The Balaban J connectivity index is 2.45. The van der Waals surface area contributed by atoms with Crippen molar-refractivity contribution in [2.45, 2.75) is 13.3 Å². The molecule has 94 valence electrons. The molecule has 2 rings (SSSR count). The Hall–Kier alpha value is -2.67. The van der Waals surface area contributed by atoms with Crippen LogP contribution in [-0.2, 0) is 6.42 Å². The van der Waals surface area contributed by atoms with Gasteiger partial charge >= 0.3 is 0 Å². The molecule has 0 radical (unpaired) electrons. The van der Waals surface area contributed by atoms with Gasteiger partial charge in [0.25, 0.3) is 5.69 Å². The van der Waals surface area contributed by atoms with Crippen molar-refractivity contribution >= 4 is 5.69 Å². The summed E-state index contributed by atoms with van der Waals surface area (Å²) in [4.78, 5) is 10.4. The van der Waals surface area contributed by atoms with E-state index in [0.717, 1.165) is 22.3 Å². The first kappa shape index (κ1) is 12.8. The van der Waals surface area contributed by atoms with Crippen molar-refractivity contribution in [3.63, 3.8) is 0 Å². The summed E-state index contributed by atoms with van der Waals surface area (Å²) < 4.78 is 0. The molecule has 0 fully saturated rings. The highest BCUT2D eigenvalue weighted by molar-refractivity contribution is 5.69. The normalized spacial score (nSPS) is 9.89. The summed E-state index contributed by atoms with van der Waals surface area (Å²) in [6.45, 7) is 1.94. The quantitative estimate of drug-likeness (QED) is 0.618. The Morgan fingerprint density at radius 3 is 2.68 bits per heavy atom. The maximum Gasteiger partial charge on any atom is 0.270 e. The molecule has 0 unspecified atom stereocenters. The summed E-state index contributed by atoms with van der Waals surface area (Å²) >= 11 is 0. The SMILES string of the molecule is Cc1cc(CC#N)ccc1-c1cccc([N+](=O)[O-])c1. The molecule has 2 aromatic rings. The molecule has 19 heavy (non-hydrogen) atoms. The monoisotopic (exact) mass is 252 g/mol. The molecule has 0 N–H and O–H groups in total. The molecule has 0 aliphatic heterocycles. The molecule has 4 heteroatoms. The van der Waals surface area contributed by atoms with E-state index < -0.39 is 4.92 Å². The molecule has 0 atom stereocenters. The molecule has 0 amide bonds. The van der Waals surface area contributed by atoms with Crippen molar-refractivity contribution in [2.75, 3.05) is 0 Å². The Kier molecular flexibility index (Phi) is 3.58. The fourth-order valence-corrected chi connectivity index (χ4v) is 2.04. The number of nitrogens with zero attached hydrogens (tertiary/aromatic N) is 2. The van der Waals surface area contributed by atoms with Crippen molar-refractivity contribution in [1.29, 1.82) is 5.26 Å². The van der Waals surface area contributed by atoms with Gasteiger partial charge in [-0.1, -0.05) is 30.3 Å². The van der Waals surface area contributed by atoms with Crippen LogP contribution in [0.3, 0.4) is 0 Å². The van der Waals surface area contributed by atoms with Crippen LogP contribution >= 0.6 is 0 Å². The third kappa shape index (κ3) is 2.78. The summed E-state index contributed by atoms with van der Waals surface area (Å²) in [5, 5.41) is 19.4. The van der Waals surface area contributed by atoms with Gasteiger partial charge in [0.1, 0.15) is 0 Å². The van der Waals surface area contributed by atoms with E-state index in [2.05, 4.69) is 6.07 Å². The molecular weight excluding hydrogens is 240 g/mol. The predicted octanol–water partition coefficient (Wildman–Crippen LogP) is 3.64. The maximum atomic E-state index is 10.8. The Morgan fingerprint density at radius 1 is 1.26 bits per heavy atom. The van der Waals surface area contributed by atoms with Crippen LogP contribution in [0.4, 0.5) is 5.69 Å². The number of nitro groups is 1. The number of hydrogen-bond acceptors (Lipinski definition) is 3. The fraction of sp³-hybridized carbons (Fsp3) is 0.133. The van der Waals surface area contributed by atoms with Crippen LogP contribution in [0.2, 0.25) is 0 Å². The molecule has 0 saturated carbocycles. The smallest absolute Gasteiger partial charge is 0.258 e. The number of nitriles is 1. The molecule has 0 spiro atoms. The minimum atomic E-state index is -0.400. The van der Waals surface area contributed by atoms with Crippen molar-refractivity contribution < 1.29 is 4.92 Å². The second kappa shape index (κ2) is 5.32. The van der Waals surface area contributed by atoms with Crippen LogP contribution in [0.15, 0.2) is 42.5 Å². The summed E-state index contributed by atoms with van der Waals surface area (Å²) in [7, 11) is 0. The van der Waals surface area contributed by atoms with Gasteiger partial charge < -0.3 is 0 Å². The molecule has 0 heterocycles. The number of hydrogen-bond donors (Lipinski definition) is 0. The van der Waals surface area contributed by atoms with E-state index in [4.69, 9.17) is 5.26 Å². The molecule has 0 aliphatic carbocycles. The van der Waals surface area contributed by atoms with Gasteiger partial charge in [-0.25, -0.2) is 0 Å². The lowest BCUT2D eigenvalue weighted by molar-refractivity contribution is -0.384. The van der Waals surface area contributed by atoms with Gasteiger partial charge in [-0.05, 0) is 29.2 Å². The highest BCUT2D eigenvalue weighted by atomic mass is 16.6. The molecule has 0 aliphatic rings. The average Bonchev–Trinajstić information content (AvgIpc) is 2.39.